The second-order valence-electron chi connectivity index (χ2n) is 15.5. The lowest BCUT2D eigenvalue weighted by molar-refractivity contribution is 0.0706. The van der Waals surface area contributed by atoms with Gasteiger partial charge < -0.3 is 13.3 Å². The maximum Gasteiger partial charge on any atom is 0.500 e. The second kappa shape index (κ2) is 44.2. The van der Waals surface area contributed by atoms with Crippen molar-refractivity contribution in [3.63, 3.8) is 0 Å². The van der Waals surface area contributed by atoms with E-state index >= 15 is 0 Å². The first-order chi connectivity index (χ1) is 24.7. The molecule has 0 aliphatic rings. The highest BCUT2D eigenvalue weighted by Crippen LogP contribution is 2.22. The van der Waals surface area contributed by atoms with E-state index < -0.39 is 8.80 Å². The summed E-state index contributed by atoms with van der Waals surface area (Å²) in [6.45, 7) is 8.20. The van der Waals surface area contributed by atoms with E-state index in [4.69, 9.17) is 13.3 Å². The molecule has 0 spiro atoms. The van der Waals surface area contributed by atoms with Crippen LogP contribution in [0.1, 0.15) is 258 Å². The summed E-state index contributed by atoms with van der Waals surface area (Å²) in [6, 6.07) is 0.974. The van der Waals surface area contributed by atoms with Crippen LogP contribution in [0.15, 0.2) is 0 Å². The van der Waals surface area contributed by atoms with Gasteiger partial charge in [-0.05, 0) is 38.0 Å². The lowest BCUT2D eigenvalue weighted by Crippen LogP contribution is -2.45. The Hall–Kier alpha value is 0.827. The van der Waals surface area contributed by atoms with E-state index in [1.807, 2.05) is 20.8 Å². The minimum absolute atomic E-state index is 0.686. The van der Waals surface area contributed by atoms with Gasteiger partial charge in [-0.1, -0.05) is 247 Å². The third-order valence-electron chi connectivity index (χ3n) is 10.7. The topological polar surface area (TPSA) is 27.7 Å². The largest absolute Gasteiger partial charge is 0.500 e. The summed E-state index contributed by atoms with van der Waals surface area (Å²) in [6.07, 6.45) is 53.8. The lowest BCUT2D eigenvalue weighted by atomic mass is 10.0. The Bertz CT molecular complexity index is 590. The fourth-order valence-electron chi connectivity index (χ4n) is 7.62. The third kappa shape index (κ3) is 38.5. The molecule has 0 fully saturated rings. The van der Waals surface area contributed by atoms with Gasteiger partial charge in [0.1, 0.15) is 0 Å². The van der Waals surface area contributed by atoms with Crippen LogP contribution in [0.25, 0.3) is 0 Å². The molecular weight excluding hydrogens is 743 g/mol. The normalized spacial score (nSPS) is 12.0. The molecule has 3 nitrogen and oxygen atoms in total. The Morgan fingerprint density at radius 2 is 0.420 bits per heavy atom. The fraction of sp³-hybridized carbons (Fsp3) is 1.00. The molecule has 0 radical (unpaired) electrons. The Morgan fingerprint density at radius 1 is 0.260 bits per heavy atom. The Balaban J connectivity index is 3.20. The molecular formula is C45H93IO3Si. The molecule has 0 saturated carbocycles. The molecule has 0 atom stereocenters. The first-order valence-corrected chi connectivity index (χ1v) is 26.7. The number of halogens is 1. The van der Waals surface area contributed by atoms with Gasteiger partial charge in [0.2, 0.25) is 0 Å². The molecule has 0 N–H and O–H groups in total. The summed E-state index contributed by atoms with van der Waals surface area (Å²) < 4.78 is 19.3. The van der Waals surface area contributed by atoms with Crippen molar-refractivity contribution in [3.8, 4) is 0 Å². The van der Waals surface area contributed by atoms with Crippen molar-refractivity contribution >= 4 is 31.4 Å². The van der Waals surface area contributed by atoms with E-state index in [9.17, 15) is 0 Å². The second-order valence-corrected chi connectivity index (χ2v) is 19.3. The van der Waals surface area contributed by atoms with E-state index in [0.29, 0.717) is 19.8 Å². The van der Waals surface area contributed by atoms with Crippen molar-refractivity contribution in [2.24, 2.45) is 0 Å². The van der Waals surface area contributed by atoms with E-state index in [0.717, 1.165) is 6.04 Å². The minimum atomic E-state index is -2.42. The third-order valence-corrected chi connectivity index (χ3v) is 14.6. The molecule has 0 unspecified atom stereocenters. The van der Waals surface area contributed by atoms with Crippen molar-refractivity contribution in [1.82, 2.24) is 0 Å². The molecule has 302 valence electrons. The SMILES string of the molecule is CCO[Si](CCCCCCCCCCCCCCCCCCCCCCCCCCCCCCCCCCCCCCCI)(OCC)OCC. The zero-order valence-electron chi connectivity index (χ0n) is 34.8. The van der Waals surface area contributed by atoms with Gasteiger partial charge in [-0.2, -0.15) is 0 Å². The van der Waals surface area contributed by atoms with Crippen LogP contribution in [-0.4, -0.2) is 33.1 Å². The van der Waals surface area contributed by atoms with E-state index in [-0.39, 0.29) is 0 Å². The van der Waals surface area contributed by atoms with Crippen LogP contribution in [0, 0.1) is 0 Å². The molecule has 0 rings (SSSR count). The molecule has 0 aliphatic carbocycles. The lowest BCUT2D eigenvalue weighted by Gasteiger charge is -2.28. The summed E-state index contributed by atoms with van der Waals surface area (Å²) in [5.74, 6) is 0. The molecule has 0 saturated heterocycles. The number of hydrogen-bond acceptors (Lipinski definition) is 3. The maximum absolute atomic E-state index is 5.98. The summed E-state index contributed by atoms with van der Waals surface area (Å²) in [5.41, 5.74) is 0. The van der Waals surface area contributed by atoms with Crippen molar-refractivity contribution in [2.75, 3.05) is 24.2 Å². The number of unbranched alkanes of at least 4 members (excludes halogenated alkanes) is 36. The first-order valence-electron chi connectivity index (χ1n) is 23.2. The van der Waals surface area contributed by atoms with Gasteiger partial charge >= 0.3 is 8.80 Å². The van der Waals surface area contributed by atoms with Crippen molar-refractivity contribution in [3.05, 3.63) is 0 Å². The molecule has 50 heavy (non-hydrogen) atoms. The number of hydrogen-bond donors (Lipinski definition) is 0. The van der Waals surface area contributed by atoms with Crippen molar-refractivity contribution in [1.29, 1.82) is 0 Å². The van der Waals surface area contributed by atoms with Crippen LogP contribution in [0.2, 0.25) is 6.04 Å². The monoisotopic (exact) mass is 837 g/mol. The Labute approximate surface area is 331 Å². The van der Waals surface area contributed by atoms with Crippen LogP contribution >= 0.6 is 22.6 Å². The smallest absolute Gasteiger partial charge is 0.374 e. The molecule has 0 aromatic heterocycles. The van der Waals surface area contributed by atoms with Crippen molar-refractivity contribution < 1.29 is 13.3 Å². The molecule has 5 heteroatoms. The van der Waals surface area contributed by atoms with Crippen molar-refractivity contribution in [2.45, 2.75) is 264 Å². The Kier molecular flexibility index (Phi) is 45.0. The molecule has 0 aliphatic heterocycles. The summed E-state index contributed by atoms with van der Waals surface area (Å²) in [7, 11) is -2.42. The Morgan fingerprint density at radius 3 is 0.580 bits per heavy atom. The van der Waals surface area contributed by atoms with Crippen LogP contribution in [0.5, 0.6) is 0 Å². The minimum Gasteiger partial charge on any atom is -0.374 e. The number of rotatable bonds is 45. The quantitative estimate of drug-likeness (QED) is 0.0265. The molecule has 0 bridgehead atoms. The standard InChI is InChI=1S/C45H93IO3Si/c1-4-47-50(48-5-2,49-6-3)45-43-41-39-37-35-33-31-29-27-25-23-21-19-17-15-13-11-9-7-8-10-12-14-16-18-20-22-24-26-28-30-32-34-36-38-40-42-44-46/h4-45H2,1-3H3. The van der Waals surface area contributed by atoms with Crippen LogP contribution < -0.4 is 0 Å². The average molecular weight is 837 g/mol. The zero-order valence-corrected chi connectivity index (χ0v) is 38.0. The van der Waals surface area contributed by atoms with Crippen LogP contribution in [0.3, 0.4) is 0 Å². The van der Waals surface area contributed by atoms with E-state index in [2.05, 4.69) is 22.6 Å². The van der Waals surface area contributed by atoms with Gasteiger partial charge in [-0.15, -0.1) is 0 Å². The molecule has 0 amide bonds. The maximum atomic E-state index is 5.98. The predicted octanol–water partition coefficient (Wildman–Crippen LogP) is 16.9. The summed E-state index contributed by atoms with van der Waals surface area (Å²) in [5, 5.41) is 0. The summed E-state index contributed by atoms with van der Waals surface area (Å²) in [4.78, 5) is 0. The van der Waals surface area contributed by atoms with Gasteiger partial charge in [0.05, 0.1) is 0 Å². The molecule has 0 aromatic carbocycles. The van der Waals surface area contributed by atoms with Gasteiger partial charge in [-0.25, -0.2) is 0 Å². The average Bonchev–Trinajstić information content (AvgIpc) is 3.11. The van der Waals surface area contributed by atoms with Gasteiger partial charge in [0, 0.05) is 25.9 Å². The highest BCUT2D eigenvalue weighted by molar-refractivity contribution is 14.1. The van der Waals surface area contributed by atoms with Gasteiger partial charge in [0.25, 0.3) is 0 Å². The molecule has 0 aromatic rings. The van der Waals surface area contributed by atoms with Gasteiger partial charge in [0.15, 0.2) is 0 Å². The highest BCUT2D eigenvalue weighted by Gasteiger charge is 2.39. The highest BCUT2D eigenvalue weighted by atomic mass is 127. The number of alkyl halides is 1. The summed E-state index contributed by atoms with van der Waals surface area (Å²) >= 11 is 2.50. The first kappa shape index (κ1) is 50.8. The predicted molar refractivity (Wildman–Crippen MR) is 235 cm³/mol. The van der Waals surface area contributed by atoms with E-state index in [1.54, 1.807) is 0 Å². The van der Waals surface area contributed by atoms with Crippen LogP contribution in [0.4, 0.5) is 0 Å². The van der Waals surface area contributed by atoms with Gasteiger partial charge in [-0.3, -0.25) is 0 Å². The fourth-order valence-corrected chi connectivity index (χ4v) is 10.8. The van der Waals surface area contributed by atoms with Crippen LogP contribution in [-0.2, 0) is 13.3 Å². The molecule has 0 heterocycles. The van der Waals surface area contributed by atoms with E-state index in [1.165, 1.54) is 242 Å². The zero-order chi connectivity index (χ0) is 36.3.